The first-order valence-electron chi connectivity index (χ1n) is 7.86. The Morgan fingerprint density at radius 2 is 1.75 bits per heavy atom. The van der Waals surface area contributed by atoms with Crippen molar-refractivity contribution in [2.45, 2.75) is 65.2 Å². The summed E-state index contributed by atoms with van der Waals surface area (Å²) in [7, 11) is 0. The molecule has 1 aromatic carbocycles. The minimum Gasteiger partial charge on any atom is -0.493 e. The third-order valence-corrected chi connectivity index (χ3v) is 3.89. The summed E-state index contributed by atoms with van der Waals surface area (Å²) in [5.41, 5.74) is 2.84. The Hall–Kier alpha value is -0.630. The molecule has 0 bridgehead atoms. The molecular formula is C18H30OS. The van der Waals surface area contributed by atoms with Crippen LogP contribution in [0.5, 0.6) is 5.75 Å². The zero-order valence-corrected chi connectivity index (χ0v) is 14.4. The number of benzene rings is 1. The van der Waals surface area contributed by atoms with E-state index in [2.05, 4.69) is 58.5 Å². The summed E-state index contributed by atoms with van der Waals surface area (Å²) in [5, 5.41) is 0. The summed E-state index contributed by atoms with van der Waals surface area (Å²) in [5.74, 6) is 2.05. The van der Waals surface area contributed by atoms with E-state index in [-0.39, 0.29) is 5.41 Å². The molecule has 0 unspecified atom stereocenters. The molecule has 0 saturated heterocycles. The summed E-state index contributed by atoms with van der Waals surface area (Å²) in [6, 6.07) is 6.63. The van der Waals surface area contributed by atoms with Crippen LogP contribution in [-0.4, -0.2) is 12.4 Å². The van der Waals surface area contributed by atoms with E-state index in [1.807, 2.05) is 0 Å². The van der Waals surface area contributed by atoms with Gasteiger partial charge in [0.2, 0.25) is 0 Å². The predicted octanol–water partition coefficient (Wildman–Crippen LogP) is 5.42. The molecule has 114 valence electrons. The van der Waals surface area contributed by atoms with Gasteiger partial charge in [0.25, 0.3) is 0 Å². The lowest BCUT2D eigenvalue weighted by atomic mass is 9.85. The van der Waals surface area contributed by atoms with Crippen LogP contribution in [0, 0.1) is 0 Å². The molecule has 0 aliphatic carbocycles. The van der Waals surface area contributed by atoms with Crippen LogP contribution in [0.2, 0.25) is 0 Å². The fourth-order valence-electron chi connectivity index (χ4n) is 2.26. The standard InChI is InChI=1S/C18H30OS/c1-5-15-10-11-17(16(14-15)18(2,3)4)19-12-8-6-7-9-13-20/h10-11,14,20H,5-9,12-13H2,1-4H3. The van der Waals surface area contributed by atoms with Gasteiger partial charge in [-0.2, -0.15) is 12.6 Å². The van der Waals surface area contributed by atoms with Gasteiger partial charge in [-0.25, -0.2) is 0 Å². The van der Waals surface area contributed by atoms with Gasteiger partial charge in [0.15, 0.2) is 0 Å². The van der Waals surface area contributed by atoms with E-state index in [0.29, 0.717) is 0 Å². The van der Waals surface area contributed by atoms with Gasteiger partial charge in [0.05, 0.1) is 6.61 Å². The van der Waals surface area contributed by atoms with Crippen molar-refractivity contribution in [3.8, 4) is 5.75 Å². The Morgan fingerprint density at radius 1 is 1.05 bits per heavy atom. The van der Waals surface area contributed by atoms with Crippen LogP contribution in [0.4, 0.5) is 0 Å². The number of unbranched alkanes of at least 4 members (excludes halogenated alkanes) is 3. The number of ether oxygens (including phenoxy) is 1. The zero-order valence-electron chi connectivity index (χ0n) is 13.5. The van der Waals surface area contributed by atoms with E-state index in [4.69, 9.17) is 4.74 Å². The van der Waals surface area contributed by atoms with Gasteiger partial charge < -0.3 is 4.74 Å². The Morgan fingerprint density at radius 3 is 2.35 bits per heavy atom. The summed E-state index contributed by atoms with van der Waals surface area (Å²) in [6.07, 6.45) is 5.91. The van der Waals surface area contributed by atoms with Crippen molar-refractivity contribution in [2.24, 2.45) is 0 Å². The smallest absolute Gasteiger partial charge is 0.123 e. The molecule has 0 fully saturated rings. The lowest BCUT2D eigenvalue weighted by Gasteiger charge is -2.23. The minimum absolute atomic E-state index is 0.131. The molecule has 0 N–H and O–H groups in total. The second-order valence-electron chi connectivity index (χ2n) is 6.42. The summed E-state index contributed by atoms with van der Waals surface area (Å²) in [4.78, 5) is 0. The van der Waals surface area contributed by atoms with Crippen molar-refractivity contribution in [1.82, 2.24) is 0 Å². The number of aryl methyl sites for hydroxylation is 1. The van der Waals surface area contributed by atoms with Gasteiger partial charge in [0, 0.05) is 0 Å². The second-order valence-corrected chi connectivity index (χ2v) is 6.87. The molecule has 0 saturated carbocycles. The van der Waals surface area contributed by atoms with Gasteiger partial charge in [-0.3, -0.25) is 0 Å². The molecule has 1 aromatic rings. The molecule has 0 atom stereocenters. The predicted molar refractivity (Wildman–Crippen MR) is 92.3 cm³/mol. The summed E-state index contributed by atoms with van der Waals surface area (Å²) in [6.45, 7) is 9.77. The maximum atomic E-state index is 6.02. The van der Waals surface area contributed by atoms with Crippen molar-refractivity contribution < 1.29 is 4.74 Å². The van der Waals surface area contributed by atoms with Crippen LogP contribution in [-0.2, 0) is 11.8 Å². The molecule has 0 radical (unpaired) electrons. The van der Waals surface area contributed by atoms with Gasteiger partial charge >= 0.3 is 0 Å². The Labute approximate surface area is 130 Å². The van der Waals surface area contributed by atoms with Crippen LogP contribution in [0.3, 0.4) is 0 Å². The molecule has 20 heavy (non-hydrogen) atoms. The first kappa shape index (κ1) is 17.4. The van der Waals surface area contributed by atoms with Gasteiger partial charge in [-0.15, -0.1) is 0 Å². The third-order valence-electron chi connectivity index (χ3n) is 3.57. The van der Waals surface area contributed by atoms with Crippen molar-refractivity contribution in [3.05, 3.63) is 29.3 Å². The van der Waals surface area contributed by atoms with Crippen molar-refractivity contribution in [1.29, 1.82) is 0 Å². The first-order valence-corrected chi connectivity index (χ1v) is 8.49. The fourth-order valence-corrected chi connectivity index (χ4v) is 2.48. The largest absolute Gasteiger partial charge is 0.493 e. The minimum atomic E-state index is 0.131. The lowest BCUT2D eigenvalue weighted by molar-refractivity contribution is 0.297. The van der Waals surface area contributed by atoms with Crippen molar-refractivity contribution >= 4 is 12.6 Å². The number of hydrogen-bond donors (Lipinski definition) is 1. The summed E-state index contributed by atoms with van der Waals surface area (Å²) < 4.78 is 6.02. The highest BCUT2D eigenvalue weighted by Gasteiger charge is 2.19. The SMILES string of the molecule is CCc1ccc(OCCCCCCS)c(C(C)(C)C)c1. The number of rotatable bonds is 8. The molecule has 0 aliphatic rings. The van der Waals surface area contributed by atoms with Gasteiger partial charge in [-0.1, -0.05) is 52.7 Å². The second kappa shape index (κ2) is 8.61. The van der Waals surface area contributed by atoms with E-state index in [1.54, 1.807) is 0 Å². The molecule has 2 heteroatoms. The van der Waals surface area contributed by atoms with E-state index in [9.17, 15) is 0 Å². The van der Waals surface area contributed by atoms with Crippen molar-refractivity contribution in [3.63, 3.8) is 0 Å². The fraction of sp³-hybridized carbons (Fsp3) is 0.667. The molecular weight excluding hydrogens is 264 g/mol. The lowest BCUT2D eigenvalue weighted by Crippen LogP contribution is -2.14. The molecule has 0 spiro atoms. The highest BCUT2D eigenvalue weighted by atomic mass is 32.1. The molecule has 0 aliphatic heterocycles. The topological polar surface area (TPSA) is 9.23 Å². The maximum absolute atomic E-state index is 6.02. The number of hydrogen-bond acceptors (Lipinski definition) is 2. The van der Waals surface area contributed by atoms with Crippen LogP contribution in [0.25, 0.3) is 0 Å². The Kier molecular flexibility index (Phi) is 7.50. The maximum Gasteiger partial charge on any atom is 0.123 e. The van der Waals surface area contributed by atoms with Gasteiger partial charge in [-0.05, 0) is 47.6 Å². The average molecular weight is 295 g/mol. The van der Waals surface area contributed by atoms with Gasteiger partial charge in [0.1, 0.15) is 5.75 Å². The van der Waals surface area contributed by atoms with Crippen LogP contribution in [0.1, 0.15) is 64.5 Å². The van der Waals surface area contributed by atoms with E-state index >= 15 is 0 Å². The highest BCUT2D eigenvalue weighted by molar-refractivity contribution is 7.80. The highest BCUT2D eigenvalue weighted by Crippen LogP contribution is 2.32. The first-order chi connectivity index (χ1) is 9.49. The van der Waals surface area contributed by atoms with E-state index in [0.717, 1.165) is 31.0 Å². The van der Waals surface area contributed by atoms with Crippen LogP contribution < -0.4 is 4.74 Å². The van der Waals surface area contributed by atoms with Crippen LogP contribution >= 0.6 is 12.6 Å². The summed E-state index contributed by atoms with van der Waals surface area (Å²) >= 11 is 4.24. The van der Waals surface area contributed by atoms with Crippen LogP contribution in [0.15, 0.2) is 18.2 Å². The zero-order chi connectivity index (χ0) is 15.0. The Balaban J connectivity index is 2.60. The average Bonchev–Trinajstić information content (AvgIpc) is 2.41. The van der Waals surface area contributed by atoms with Crippen molar-refractivity contribution in [2.75, 3.05) is 12.4 Å². The van der Waals surface area contributed by atoms with E-state index < -0.39 is 0 Å². The molecule has 1 nitrogen and oxygen atoms in total. The molecule has 0 heterocycles. The number of thiol groups is 1. The quantitative estimate of drug-likeness (QED) is 0.498. The third kappa shape index (κ3) is 5.78. The molecule has 0 aromatic heterocycles. The monoisotopic (exact) mass is 294 g/mol. The molecule has 0 amide bonds. The van der Waals surface area contributed by atoms with E-state index in [1.165, 1.54) is 30.4 Å². The Bertz CT molecular complexity index is 393. The molecule has 1 rings (SSSR count). The normalized spacial score (nSPS) is 11.7.